The zero-order chi connectivity index (χ0) is 23.2. The SMILES string of the molecule is C[C@@H]1CN(c2c(C#N)c(=O)n(C)c3ccc(Cl)nc23)CC[C@@H]1N(C)c1ccc(Cl)cc1O. The minimum Gasteiger partial charge on any atom is -0.506 e. The molecule has 0 amide bonds. The maximum Gasteiger partial charge on any atom is 0.270 e. The van der Waals surface area contributed by atoms with Gasteiger partial charge in [0.2, 0.25) is 0 Å². The van der Waals surface area contributed by atoms with Crippen LogP contribution >= 0.6 is 23.2 Å². The topological polar surface area (TPSA) is 85.4 Å². The number of phenols is 1. The second-order valence-corrected chi connectivity index (χ2v) is 9.05. The van der Waals surface area contributed by atoms with E-state index in [9.17, 15) is 15.2 Å². The molecule has 0 aliphatic carbocycles. The van der Waals surface area contributed by atoms with Crippen molar-refractivity contribution in [2.75, 3.05) is 29.9 Å². The molecular formula is C23H23Cl2N5O2. The quantitative estimate of drug-likeness (QED) is 0.576. The first-order valence-electron chi connectivity index (χ1n) is 10.3. The molecule has 0 bridgehead atoms. The number of benzene rings is 1. The van der Waals surface area contributed by atoms with Crippen LogP contribution in [0.2, 0.25) is 10.2 Å². The molecule has 3 aromatic rings. The third kappa shape index (κ3) is 3.74. The number of halogens is 2. The summed E-state index contributed by atoms with van der Waals surface area (Å²) >= 11 is 12.1. The predicted molar refractivity (Wildman–Crippen MR) is 128 cm³/mol. The summed E-state index contributed by atoms with van der Waals surface area (Å²) < 4.78 is 1.44. The van der Waals surface area contributed by atoms with Crippen molar-refractivity contribution in [1.29, 1.82) is 5.26 Å². The van der Waals surface area contributed by atoms with Crippen LogP contribution in [-0.2, 0) is 7.05 Å². The van der Waals surface area contributed by atoms with Crippen LogP contribution in [0.1, 0.15) is 18.9 Å². The van der Waals surface area contributed by atoms with E-state index >= 15 is 0 Å². The molecule has 7 nitrogen and oxygen atoms in total. The fraction of sp³-hybridized carbons (Fsp3) is 0.348. The molecule has 1 N–H and O–H groups in total. The van der Waals surface area contributed by atoms with E-state index in [-0.39, 0.29) is 28.8 Å². The lowest BCUT2D eigenvalue weighted by atomic mass is 9.91. The van der Waals surface area contributed by atoms with Crippen LogP contribution in [0.4, 0.5) is 11.4 Å². The van der Waals surface area contributed by atoms with E-state index in [2.05, 4.69) is 27.8 Å². The Balaban J connectivity index is 1.71. The highest BCUT2D eigenvalue weighted by Gasteiger charge is 2.33. The van der Waals surface area contributed by atoms with Gasteiger partial charge in [-0.25, -0.2) is 4.98 Å². The normalized spacial score (nSPS) is 18.6. The summed E-state index contributed by atoms with van der Waals surface area (Å²) in [5.74, 6) is 0.312. The predicted octanol–water partition coefficient (Wildman–Crippen LogP) is 4.17. The Morgan fingerprint density at radius 3 is 2.69 bits per heavy atom. The fourth-order valence-corrected chi connectivity index (χ4v) is 4.98. The number of fused-ring (bicyclic) bond motifs is 1. The van der Waals surface area contributed by atoms with Crippen LogP contribution in [0.3, 0.4) is 0 Å². The number of aryl methyl sites for hydroxylation is 1. The van der Waals surface area contributed by atoms with Crippen LogP contribution in [0.15, 0.2) is 35.1 Å². The molecule has 0 saturated carbocycles. The fourth-order valence-electron chi connectivity index (χ4n) is 4.66. The van der Waals surface area contributed by atoms with Gasteiger partial charge in [0.05, 0.1) is 16.9 Å². The van der Waals surface area contributed by atoms with Crippen molar-refractivity contribution in [2.24, 2.45) is 13.0 Å². The van der Waals surface area contributed by atoms with Gasteiger partial charge in [0, 0.05) is 44.3 Å². The molecule has 2 aromatic heterocycles. The largest absolute Gasteiger partial charge is 0.506 e. The number of piperidine rings is 1. The summed E-state index contributed by atoms with van der Waals surface area (Å²) in [6.45, 7) is 3.36. The lowest BCUT2D eigenvalue weighted by molar-refractivity contribution is 0.367. The highest BCUT2D eigenvalue weighted by molar-refractivity contribution is 6.30. The summed E-state index contributed by atoms with van der Waals surface area (Å²) in [6.07, 6.45) is 0.766. The van der Waals surface area contributed by atoms with Crippen LogP contribution < -0.4 is 15.4 Å². The van der Waals surface area contributed by atoms with E-state index in [0.717, 1.165) is 6.42 Å². The number of aromatic nitrogens is 2. The van der Waals surface area contributed by atoms with E-state index in [1.54, 1.807) is 25.2 Å². The first kappa shape index (κ1) is 22.3. The molecule has 4 rings (SSSR count). The maximum absolute atomic E-state index is 12.9. The lowest BCUT2D eigenvalue weighted by Gasteiger charge is -2.43. The van der Waals surface area contributed by atoms with Gasteiger partial charge in [-0.3, -0.25) is 4.79 Å². The molecule has 32 heavy (non-hydrogen) atoms. The van der Waals surface area contributed by atoms with Gasteiger partial charge >= 0.3 is 0 Å². The van der Waals surface area contributed by atoms with Crippen LogP contribution in [0.25, 0.3) is 11.0 Å². The van der Waals surface area contributed by atoms with Gasteiger partial charge < -0.3 is 19.5 Å². The molecule has 2 atom stereocenters. The third-order valence-electron chi connectivity index (χ3n) is 6.28. The molecular weight excluding hydrogens is 449 g/mol. The van der Waals surface area contributed by atoms with E-state index < -0.39 is 0 Å². The number of aromatic hydroxyl groups is 1. The van der Waals surface area contributed by atoms with E-state index in [1.807, 2.05) is 13.1 Å². The van der Waals surface area contributed by atoms with Crippen molar-refractivity contribution in [3.8, 4) is 11.8 Å². The molecule has 1 aromatic carbocycles. The molecule has 166 valence electrons. The van der Waals surface area contributed by atoms with Crippen molar-refractivity contribution in [3.63, 3.8) is 0 Å². The molecule has 1 saturated heterocycles. The Bertz CT molecular complexity index is 1300. The Kier molecular flexibility index (Phi) is 5.93. The number of nitriles is 1. The van der Waals surface area contributed by atoms with Gasteiger partial charge in [-0.05, 0) is 36.6 Å². The number of hydrogen-bond donors (Lipinski definition) is 1. The molecule has 0 unspecified atom stereocenters. The Morgan fingerprint density at radius 2 is 2.03 bits per heavy atom. The van der Waals surface area contributed by atoms with Gasteiger partial charge in [-0.1, -0.05) is 30.1 Å². The van der Waals surface area contributed by atoms with Gasteiger partial charge in [0.25, 0.3) is 5.56 Å². The lowest BCUT2D eigenvalue weighted by Crippen LogP contribution is -2.49. The standard InChI is InChI=1S/C23H23Cl2N5O2/c1-13-12-30(9-8-16(13)28(2)17-5-4-14(24)10-19(17)31)22-15(11-26)23(32)29(3)18-6-7-20(25)27-21(18)22/h4-7,10,13,16,31H,8-9,12H2,1-3H3/t13-,16+/m1/s1. The summed E-state index contributed by atoms with van der Waals surface area (Å²) in [5.41, 5.74) is 2.15. The molecule has 1 fully saturated rings. The molecule has 1 aliphatic rings. The molecule has 1 aliphatic heterocycles. The summed E-state index contributed by atoms with van der Waals surface area (Å²) in [6, 6.07) is 10.7. The van der Waals surface area contributed by atoms with Gasteiger partial charge in [0.15, 0.2) is 0 Å². The minimum absolute atomic E-state index is 0.0733. The van der Waals surface area contributed by atoms with Crippen molar-refractivity contribution < 1.29 is 5.11 Å². The molecule has 9 heteroatoms. The highest BCUT2D eigenvalue weighted by Crippen LogP contribution is 2.36. The first-order chi connectivity index (χ1) is 15.2. The number of nitrogens with zero attached hydrogens (tertiary/aromatic N) is 5. The Hall–Kier alpha value is -2.95. The second kappa shape index (κ2) is 8.53. The monoisotopic (exact) mass is 471 g/mol. The van der Waals surface area contributed by atoms with E-state index in [1.165, 1.54) is 10.6 Å². The van der Waals surface area contributed by atoms with Crippen LogP contribution in [-0.4, -0.2) is 40.8 Å². The number of anilines is 2. The van der Waals surface area contributed by atoms with Crippen molar-refractivity contribution >= 4 is 45.6 Å². The highest BCUT2D eigenvalue weighted by atomic mass is 35.5. The summed E-state index contributed by atoms with van der Waals surface area (Å²) in [7, 11) is 3.59. The number of phenolic OH excluding ortho intramolecular Hbond substituents is 1. The van der Waals surface area contributed by atoms with Gasteiger partial charge in [0.1, 0.15) is 28.1 Å². The molecule has 0 radical (unpaired) electrons. The maximum atomic E-state index is 12.9. The van der Waals surface area contributed by atoms with Crippen LogP contribution in [0, 0.1) is 17.2 Å². The first-order valence-corrected chi connectivity index (χ1v) is 11.0. The van der Waals surface area contributed by atoms with Crippen molar-refractivity contribution in [3.05, 3.63) is 56.4 Å². The Labute approximate surface area is 196 Å². The summed E-state index contributed by atoms with van der Waals surface area (Å²) in [5, 5.41) is 20.9. The number of hydrogen-bond acceptors (Lipinski definition) is 6. The number of pyridine rings is 2. The zero-order valence-corrected chi connectivity index (χ0v) is 19.5. The van der Waals surface area contributed by atoms with Crippen molar-refractivity contribution in [1.82, 2.24) is 9.55 Å². The number of rotatable bonds is 3. The smallest absolute Gasteiger partial charge is 0.270 e. The van der Waals surface area contributed by atoms with Gasteiger partial charge in [-0.15, -0.1) is 0 Å². The third-order valence-corrected chi connectivity index (χ3v) is 6.73. The van der Waals surface area contributed by atoms with E-state index in [4.69, 9.17) is 23.2 Å². The Morgan fingerprint density at radius 1 is 1.28 bits per heavy atom. The molecule has 3 heterocycles. The van der Waals surface area contributed by atoms with Gasteiger partial charge in [-0.2, -0.15) is 5.26 Å². The van der Waals surface area contributed by atoms with E-state index in [0.29, 0.717) is 45.7 Å². The molecule has 0 spiro atoms. The summed E-state index contributed by atoms with van der Waals surface area (Å²) in [4.78, 5) is 21.5. The second-order valence-electron chi connectivity index (χ2n) is 8.22. The average molecular weight is 472 g/mol. The average Bonchev–Trinajstić information content (AvgIpc) is 2.75. The minimum atomic E-state index is -0.350. The van der Waals surface area contributed by atoms with Crippen LogP contribution in [0.5, 0.6) is 5.75 Å². The zero-order valence-electron chi connectivity index (χ0n) is 18.0. The van der Waals surface area contributed by atoms with Crippen molar-refractivity contribution in [2.45, 2.75) is 19.4 Å².